The molecule has 0 bridgehead atoms. The van der Waals surface area contributed by atoms with Crippen LogP contribution >= 0.6 is 11.8 Å². The highest BCUT2D eigenvalue weighted by Crippen LogP contribution is 2.24. The van der Waals surface area contributed by atoms with Crippen LogP contribution in [-0.2, 0) is 4.79 Å². The van der Waals surface area contributed by atoms with Gasteiger partial charge in [-0.15, -0.1) is 0 Å². The minimum atomic E-state index is -0.363. The highest BCUT2D eigenvalue weighted by molar-refractivity contribution is 8.04. The van der Waals surface area contributed by atoms with Gasteiger partial charge >= 0.3 is 0 Å². The lowest BCUT2D eigenvalue weighted by molar-refractivity contribution is -0.117. The Balaban J connectivity index is 2.36. The Labute approximate surface area is 102 Å². The van der Waals surface area contributed by atoms with Crippen LogP contribution in [0, 0.1) is 11.3 Å². The van der Waals surface area contributed by atoms with E-state index >= 15 is 0 Å². The Morgan fingerprint density at radius 1 is 1.35 bits per heavy atom. The maximum atomic E-state index is 12.0. The fourth-order valence-electron chi connectivity index (χ4n) is 1.41. The van der Waals surface area contributed by atoms with Crippen molar-refractivity contribution < 1.29 is 9.59 Å². The van der Waals surface area contributed by atoms with E-state index in [1.54, 1.807) is 30.3 Å². The number of ketones is 1. The van der Waals surface area contributed by atoms with E-state index in [-0.39, 0.29) is 23.0 Å². The molecule has 1 aliphatic rings. The van der Waals surface area contributed by atoms with Gasteiger partial charge in [0.05, 0.1) is 10.8 Å². The molecule has 1 fully saturated rings. The number of hydrogen-bond donors (Lipinski definition) is 1. The molecule has 0 aliphatic carbocycles. The Bertz CT molecular complexity index is 543. The van der Waals surface area contributed by atoms with Crippen LogP contribution < -0.4 is 5.32 Å². The van der Waals surface area contributed by atoms with Gasteiger partial charge < -0.3 is 5.32 Å². The van der Waals surface area contributed by atoms with Crippen LogP contribution in [0.5, 0.6) is 0 Å². The zero-order valence-electron chi connectivity index (χ0n) is 8.77. The van der Waals surface area contributed by atoms with Crippen molar-refractivity contribution in [1.82, 2.24) is 5.32 Å². The van der Waals surface area contributed by atoms with Crippen molar-refractivity contribution in [2.45, 2.75) is 0 Å². The van der Waals surface area contributed by atoms with E-state index in [1.807, 2.05) is 6.07 Å². The van der Waals surface area contributed by atoms with Crippen LogP contribution in [0.1, 0.15) is 10.4 Å². The first kappa shape index (κ1) is 11.4. The zero-order chi connectivity index (χ0) is 12.3. The number of rotatable bonds is 2. The molecule has 0 radical (unpaired) electrons. The molecule has 0 saturated carbocycles. The molecule has 1 amide bonds. The number of thioether (sulfide) groups is 1. The number of carbonyl (C=O) groups is 2. The van der Waals surface area contributed by atoms with Gasteiger partial charge in [0.2, 0.25) is 11.7 Å². The van der Waals surface area contributed by atoms with Crippen LogP contribution in [-0.4, -0.2) is 17.4 Å². The summed E-state index contributed by atoms with van der Waals surface area (Å²) in [4.78, 5) is 23.1. The molecule has 1 aliphatic heterocycles. The molecule has 84 valence electrons. The minimum absolute atomic E-state index is 0.00736. The Hall–Kier alpha value is -2.06. The van der Waals surface area contributed by atoms with Gasteiger partial charge in [-0.1, -0.05) is 42.1 Å². The molecule has 0 aromatic heterocycles. The molecule has 1 aromatic rings. The van der Waals surface area contributed by atoms with E-state index in [4.69, 9.17) is 5.26 Å². The predicted molar refractivity (Wildman–Crippen MR) is 64.0 cm³/mol. The van der Waals surface area contributed by atoms with Crippen molar-refractivity contribution >= 4 is 23.5 Å². The lowest BCUT2D eigenvalue weighted by Crippen LogP contribution is -2.17. The third-order valence-electron chi connectivity index (χ3n) is 2.20. The summed E-state index contributed by atoms with van der Waals surface area (Å²) in [5.41, 5.74) is 0.436. The summed E-state index contributed by atoms with van der Waals surface area (Å²) < 4.78 is 0. The molecule has 17 heavy (non-hydrogen) atoms. The summed E-state index contributed by atoms with van der Waals surface area (Å²) in [5.74, 6) is -0.292. The van der Waals surface area contributed by atoms with E-state index in [2.05, 4.69) is 5.32 Å². The summed E-state index contributed by atoms with van der Waals surface area (Å²) in [6.45, 7) is 0. The van der Waals surface area contributed by atoms with E-state index in [1.165, 1.54) is 11.8 Å². The second-order valence-corrected chi connectivity index (χ2v) is 4.33. The van der Waals surface area contributed by atoms with Crippen LogP contribution in [0.2, 0.25) is 0 Å². The number of benzene rings is 1. The summed E-state index contributed by atoms with van der Waals surface area (Å²) >= 11 is 1.18. The molecule has 4 nitrogen and oxygen atoms in total. The fraction of sp³-hybridized carbons (Fsp3) is 0.0833. The predicted octanol–water partition coefficient (Wildman–Crippen LogP) is 1.47. The highest BCUT2D eigenvalue weighted by atomic mass is 32.2. The molecular weight excluding hydrogens is 236 g/mol. The molecule has 1 aromatic carbocycles. The molecule has 0 atom stereocenters. The van der Waals surface area contributed by atoms with E-state index in [0.29, 0.717) is 10.6 Å². The van der Waals surface area contributed by atoms with Crippen molar-refractivity contribution in [3.8, 4) is 6.07 Å². The Morgan fingerprint density at radius 2 is 2.06 bits per heavy atom. The smallest absolute Gasteiger partial charge is 0.235 e. The number of carbonyl (C=O) groups excluding carboxylic acids is 2. The lowest BCUT2D eigenvalue weighted by atomic mass is 10.1. The summed E-state index contributed by atoms with van der Waals surface area (Å²) in [5, 5.41) is 11.9. The maximum Gasteiger partial charge on any atom is 0.235 e. The third-order valence-corrected chi connectivity index (χ3v) is 3.20. The maximum absolute atomic E-state index is 12.0. The SMILES string of the molecule is N#C/C(C(=O)c1ccccc1)=C1\NC(=O)CS1. The topological polar surface area (TPSA) is 70.0 Å². The molecule has 1 N–H and O–H groups in total. The van der Waals surface area contributed by atoms with Crippen molar-refractivity contribution in [3.63, 3.8) is 0 Å². The number of nitrogens with zero attached hydrogens (tertiary/aromatic N) is 1. The van der Waals surface area contributed by atoms with Gasteiger partial charge in [-0.3, -0.25) is 9.59 Å². The van der Waals surface area contributed by atoms with Gasteiger partial charge in [-0.05, 0) is 0 Å². The van der Waals surface area contributed by atoms with Crippen LogP contribution in [0.3, 0.4) is 0 Å². The van der Waals surface area contributed by atoms with E-state index in [9.17, 15) is 9.59 Å². The van der Waals surface area contributed by atoms with Crippen LogP contribution in [0.4, 0.5) is 0 Å². The van der Waals surface area contributed by atoms with Gasteiger partial charge in [-0.2, -0.15) is 5.26 Å². The first-order chi connectivity index (χ1) is 8.22. The number of nitriles is 1. The molecule has 1 heterocycles. The van der Waals surface area contributed by atoms with Gasteiger partial charge in [0, 0.05) is 5.56 Å². The van der Waals surface area contributed by atoms with Gasteiger partial charge in [0.25, 0.3) is 0 Å². The highest BCUT2D eigenvalue weighted by Gasteiger charge is 2.23. The molecule has 2 rings (SSSR count). The number of allylic oxidation sites excluding steroid dienone is 1. The molecule has 1 saturated heterocycles. The van der Waals surface area contributed by atoms with Gasteiger partial charge in [0.1, 0.15) is 11.6 Å². The number of nitrogens with one attached hydrogen (secondary N) is 1. The average molecular weight is 244 g/mol. The van der Waals surface area contributed by atoms with E-state index < -0.39 is 0 Å². The molecule has 0 unspecified atom stereocenters. The standard InChI is InChI=1S/C12H8N2O2S/c13-6-9(12-14-10(15)7-17-12)11(16)8-4-2-1-3-5-8/h1-5H,7H2,(H,14,15)/b12-9-. The van der Waals surface area contributed by atoms with Crippen molar-refractivity contribution in [2.24, 2.45) is 0 Å². The second kappa shape index (κ2) is 4.85. The quantitative estimate of drug-likeness (QED) is 0.486. The summed E-state index contributed by atoms with van der Waals surface area (Å²) in [6, 6.07) is 10.4. The average Bonchev–Trinajstić information content (AvgIpc) is 2.78. The van der Waals surface area contributed by atoms with Crippen LogP contribution in [0.15, 0.2) is 40.9 Å². The van der Waals surface area contributed by atoms with Crippen molar-refractivity contribution in [2.75, 3.05) is 5.75 Å². The largest absolute Gasteiger partial charge is 0.319 e. The Kier molecular flexibility index (Phi) is 3.26. The molecule has 0 spiro atoms. The number of amides is 1. The fourth-order valence-corrected chi connectivity index (χ4v) is 2.23. The van der Waals surface area contributed by atoms with Crippen molar-refractivity contribution in [1.29, 1.82) is 5.26 Å². The molecule has 5 heteroatoms. The number of Topliss-reactive ketones (excluding diaryl/α,β-unsaturated/α-hetero) is 1. The van der Waals surface area contributed by atoms with Gasteiger partial charge in [0.15, 0.2) is 0 Å². The monoisotopic (exact) mass is 244 g/mol. The van der Waals surface area contributed by atoms with Gasteiger partial charge in [-0.25, -0.2) is 0 Å². The minimum Gasteiger partial charge on any atom is -0.319 e. The normalized spacial score (nSPS) is 17.2. The third kappa shape index (κ3) is 2.37. The molecular formula is C12H8N2O2S. The first-order valence-corrected chi connectivity index (χ1v) is 5.87. The van der Waals surface area contributed by atoms with Crippen molar-refractivity contribution in [3.05, 3.63) is 46.5 Å². The summed E-state index contributed by atoms with van der Waals surface area (Å²) in [7, 11) is 0. The first-order valence-electron chi connectivity index (χ1n) is 4.89. The van der Waals surface area contributed by atoms with Crippen LogP contribution in [0.25, 0.3) is 0 Å². The summed E-state index contributed by atoms with van der Waals surface area (Å²) in [6.07, 6.45) is 0. The van der Waals surface area contributed by atoms with E-state index in [0.717, 1.165) is 0 Å². The lowest BCUT2D eigenvalue weighted by Gasteiger charge is -2.02. The number of hydrogen-bond acceptors (Lipinski definition) is 4. The second-order valence-electron chi connectivity index (χ2n) is 3.35. The Morgan fingerprint density at radius 3 is 2.59 bits per heavy atom. The zero-order valence-corrected chi connectivity index (χ0v) is 9.58.